The number of methoxy groups -OCH3 is 1. The van der Waals surface area contributed by atoms with Gasteiger partial charge in [0.1, 0.15) is 0 Å². The molecule has 0 heterocycles. The number of aromatic hydroxyl groups is 1. The molecule has 0 saturated carbocycles. The quantitative estimate of drug-likeness (QED) is 0.805. The van der Waals surface area contributed by atoms with Gasteiger partial charge in [-0.05, 0) is 17.7 Å². The Morgan fingerprint density at radius 1 is 1.62 bits per heavy atom. The Labute approximate surface area is 85.7 Å². The van der Waals surface area contributed by atoms with Crippen LogP contribution in [0.2, 0.25) is 0 Å². The Balaban J connectivity index is 3.14. The molecule has 0 amide bonds. The molecule has 0 fully saturated rings. The van der Waals surface area contributed by atoms with Crippen molar-refractivity contribution in [1.82, 2.24) is 0 Å². The first-order valence-electron chi connectivity index (χ1n) is 3.68. The number of rotatable bonds is 2. The van der Waals surface area contributed by atoms with Crippen LogP contribution in [0.5, 0.6) is 11.5 Å². The van der Waals surface area contributed by atoms with E-state index in [2.05, 4.69) is 21.9 Å². The zero-order valence-corrected chi connectivity index (χ0v) is 8.76. The summed E-state index contributed by atoms with van der Waals surface area (Å²) in [6, 6.07) is 3.30. The number of phenolic OH excluding ortho intramolecular Hbond substituents is 1. The van der Waals surface area contributed by atoms with Gasteiger partial charge in [0.05, 0.1) is 7.11 Å². The van der Waals surface area contributed by atoms with Gasteiger partial charge in [-0.15, -0.1) is 12.3 Å². The molecule has 0 unspecified atom stereocenters. The van der Waals surface area contributed by atoms with E-state index < -0.39 is 0 Å². The largest absolute Gasteiger partial charge is 0.504 e. The van der Waals surface area contributed by atoms with Crippen LogP contribution in [-0.2, 0) is 6.42 Å². The van der Waals surface area contributed by atoms with Crippen molar-refractivity contribution in [2.24, 2.45) is 0 Å². The molecule has 3 heteroatoms. The summed E-state index contributed by atoms with van der Waals surface area (Å²) in [6.07, 6.45) is 5.65. The number of halogens is 1. The average Bonchev–Trinajstić information content (AvgIpc) is 2.11. The molecule has 0 aliphatic rings. The second-order valence-corrected chi connectivity index (χ2v) is 3.35. The van der Waals surface area contributed by atoms with Crippen LogP contribution in [0.25, 0.3) is 0 Å². The van der Waals surface area contributed by atoms with Crippen LogP contribution in [0.3, 0.4) is 0 Å². The van der Waals surface area contributed by atoms with Crippen LogP contribution in [-0.4, -0.2) is 12.2 Å². The highest BCUT2D eigenvalue weighted by Crippen LogP contribution is 2.32. The predicted octanol–water partition coefficient (Wildman–Crippen LogP) is 2.34. The third-order valence-electron chi connectivity index (χ3n) is 1.64. The molecule has 2 nitrogen and oxygen atoms in total. The fourth-order valence-corrected chi connectivity index (χ4v) is 1.46. The molecule has 0 aliphatic carbocycles. The Kier molecular flexibility index (Phi) is 3.21. The Morgan fingerprint density at radius 2 is 2.31 bits per heavy atom. The molecule has 0 spiro atoms. The Morgan fingerprint density at radius 3 is 2.85 bits per heavy atom. The van der Waals surface area contributed by atoms with Crippen molar-refractivity contribution < 1.29 is 9.84 Å². The minimum absolute atomic E-state index is 0.107. The molecule has 0 atom stereocenters. The predicted molar refractivity (Wildman–Crippen MR) is 54.9 cm³/mol. The van der Waals surface area contributed by atoms with Crippen molar-refractivity contribution in [3.05, 3.63) is 22.2 Å². The molecular weight excluding hydrogens is 232 g/mol. The van der Waals surface area contributed by atoms with Crippen molar-refractivity contribution in [2.45, 2.75) is 6.42 Å². The number of benzene rings is 1. The van der Waals surface area contributed by atoms with Crippen molar-refractivity contribution >= 4 is 15.9 Å². The third kappa shape index (κ3) is 2.16. The van der Waals surface area contributed by atoms with Crippen molar-refractivity contribution in [3.63, 3.8) is 0 Å². The minimum Gasteiger partial charge on any atom is -0.504 e. The maximum atomic E-state index is 9.43. The molecule has 0 saturated heterocycles. The topological polar surface area (TPSA) is 29.5 Å². The number of terminal acetylenes is 1. The van der Waals surface area contributed by atoms with Crippen molar-refractivity contribution in [2.75, 3.05) is 7.11 Å². The molecule has 0 radical (unpaired) electrons. The molecule has 68 valence electrons. The van der Waals surface area contributed by atoms with Crippen LogP contribution in [0.1, 0.15) is 5.56 Å². The normalized spacial score (nSPS) is 9.31. The lowest BCUT2D eigenvalue weighted by Crippen LogP contribution is -1.88. The second kappa shape index (κ2) is 4.20. The van der Waals surface area contributed by atoms with Crippen molar-refractivity contribution in [1.29, 1.82) is 0 Å². The lowest BCUT2D eigenvalue weighted by atomic mass is 10.1. The molecule has 0 aromatic heterocycles. The molecule has 1 rings (SSSR count). The van der Waals surface area contributed by atoms with E-state index in [0.717, 1.165) is 10.0 Å². The van der Waals surface area contributed by atoms with Gasteiger partial charge in [-0.1, -0.05) is 15.9 Å². The summed E-state index contributed by atoms with van der Waals surface area (Å²) in [4.78, 5) is 0. The van der Waals surface area contributed by atoms with Crippen LogP contribution < -0.4 is 4.74 Å². The highest BCUT2D eigenvalue weighted by Gasteiger charge is 2.06. The maximum Gasteiger partial charge on any atom is 0.161 e. The summed E-state index contributed by atoms with van der Waals surface area (Å²) in [7, 11) is 1.50. The van der Waals surface area contributed by atoms with Gasteiger partial charge in [0, 0.05) is 10.9 Å². The smallest absolute Gasteiger partial charge is 0.161 e. The van der Waals surface area contributed by atoms with Crippen LogP contribution in [0.15, 0.2) is 16.6 Å². The highest BCUT2D eigenvalue weighted by molar-refractivity contribution is 9.10. The number of hydrogen-bond donors (Lipinski definition) is 1. The van der Waals surface area contributed by atoms with Gasteiger partial charge in [-0.2, -0.15) is 0 Å². The summed E-state index contributed by atoms with van der Waals surface area (Å²) < 4.78 is 5.77. The van der Waals surface area contributed by atoms with Gasteiger partial charge in [-0.25, -0.2) is 0 Å². The zero-order valence-electron chi connectivity index (χ0n) is 7.17. The van der Waals surface area contributed by atoms with E-state index in [9.17, 15) is 5.11 Å². The summed E-state index contributed by atoms with van der Waals surface area (Å²) >= 11 is 3.34. The molecule has 0 bridgehead atoms. The van der Waals surface area contributed by atoms with E-state index in [1.807, 2.05) is 0 Å². The summed E-state index contributed by atoms with van der Waals surface area (Å²) in [5.74, 6) is 3.05. The molecule has 1 N–H and O–H groups in total. The monoisotopic (exact) mass is 240 g/mol. The number of phenols is 1. The van der Waals surface area contributed by atoms with Gasteiger partial charge in [-0.3, -0.25) is 0 Å². The van der Waals surface area contributed by atoms with E-state index >= 15 is 0 Å². The van der Waals surface area contributed by atoms with Gasteiger partial charge >= 0.3 is 0 Å². The SMILES string of the molecule is C#CCc1cc(O)c(OC)cc1Br. The van der Waals surface area contributed by atoms with Gasteiger partial charge in [0.2, 0.25) is 0 Å². The Bertz CT molecular complexity index is 353. The number of ether oxygens (including phenoxy) is 1. The minimum atomic E-state index is 0.107. The first-order valence-corrected chi connectivity index (χ1v) is 4.47. The Hall–Kier alpha value is -1.14. The van der Waals surface area contributed by atoms with Crippen molar-refractivity contribution in [3.8, 4) is 23.8 Å². The summed E-state index contributed by atoms with van der Waals surface area (Å²) in [5.41, 5.74) is 0.876. The average molecular weight is 241 g/mol. The van der Waals surface area contributed by atoms with E-state index in [0.29, 0.717) is 12.2 Å². The van der Waals surface area contributed by atoms with Crippen LogP contribution in [0.4, 0.5) is 0 Å². The standard InChI is InChI=1S/C10H9BrO2/c1-3-4-7-5-9(12)10(13-2)6-8(7)11/h1,5-6,12H,4H2,2H3. The fourth-order valence-electron chi connectivity index (χ4n) is 0.996. The molecule has 13 heavy (non-hydrogen) atoms. The fraction of sp³-hybridized carbons (Fsp3) is 0.200. The first-order chi connectivity index (χ1) is 6.19. The van der Waals surface area contributed by atoms with Crippen LogP contribution >= 0.6 is 15.9 Å². The van der Waals surface area contributed by atoms with Crippen LogP contribution in [0, 0.1) is 12.3 Å². The number of hydrogen-bond acceptors (Lipinski definition) is 2. The first kappa shape index (κ1) is 9.94. The summed E-state index contributed by atoms with van der Waals surface area (Å²) in [5, 5.41) is 9.43. The van der Waals surface area contributed by atoms with Gasteiger partial charge in [0.25, 0.3) is 0 Å². The second-order valence-electron chi connectivity index (χ2n) is 2.50. The highest BCUT2D eigenvalue weighted by atomic mass is 79.9. The maximum absolute atomic E-state index is 9.43. The molecule has 1 aromatic rings. The zero-order chi connectivity index (χ0) is 9.84. The summed E-state index contributed by atoms with van der Waals surface area (Å²) in [6.45, 7) is 0. The van der Waals surface area contributed by atoms with E-state index in [-0.39, 0.29) is 5.75 Å². The molecular formula is C10H9BrO2. The van der Waals surface area contributed by atoms with E-state index in [1.165, 1.54) is 7.11 Å². The van der Waals surface area contributed by atoms with Gasteiger partial charge in [0.15, 0.2) is 11.5 Å². The van der Waals surface area contributed by atoms with Gasteiger partial charge < -0.3 is 9.84 Å². The van der Waals surface area contributed by atoms with E-state index in [1.54, 1.807) is 12.1 Å². The van der Waals surface area contributed by atoms with E-state index in [4.69, 9.17) is 11.2 Å². The molecule has 1 aromatic carbocycles. The molecule has 0 aliphatic heterocycles. The third-order valence-corrected chi connectivity index (χ3v) is 2.38. The lowest BCUT2D eigenvalue weighted by molar-refractivity contribution is 0.373. The lowest BCUT2D eigenvalue weighted by Gasteiger charge is -2.06.